The molecule has 2 rings (SSSR count). The van der Waals surface area contributed by atoms with Crippen molar-refractivity contribution in [1.29, 1.82) is 0 Å². The molecule has 1 aromatic rings. The second-order valence-electron chi connectivity index (χ2n) is 5.77. The third-order valence-electron chi connectivity index (χ3n) is 3.42. The lowest BCUT2D eigenvalue weighted by molar-refractivity contribution is 0.0697. The zero-order valence-corrected chi connectivity index (χ0v) is 12.2. The van der Waals surface area contributed by atoms with E-state index in [1.807, 2.05) is 0 Å². The Morgan fingerprint density at radius 2 is 2.10 bits per heavy atom. The summed E-state index contributed by atoms with van der Waals surface area (Å²) in [5.74, 6) is -1.06. The first-order valence-corrected chi connectivity index (χ1v) is 6.75. The summed E-state index contributed by atoms with van der Waals surface area (Å²) in [6, 6.07) is 3.98. The predicted molar refractivity (Wildman–Crippen MR) is 77.4 cm³/mol. The second kappa shape index (κ2) is 5.32. The van der Waals surface area contributed by atoms with E-state index < -0.39 is 5.97 Å². The number of amides is 2. The largest absolute Gasteiger partial charge is 0.478 e. The van der Waals surface area contributed by atoms with Crippen LogP contribution in [-0.4, -0.2) is 35.1 Å². The molecule has 0 aromatic heterocycles. The van der Waals surface area contributed by atoms with Gasteiger partial charge in [0, 0.05) is 13.1 Å². The summed E-state index contributed by atoms with van der Waals surface area (Å²) in [5.41, 5.74) is 0.525. The quantitative estimate of drug-likeness (QED) is 0.879. The van der Waals surface area contributed by atoms with Gasteiger partial charge in [0.15, 0.2) is 0 Å². The highest BCUT2D eigenvalue weighted by Crippen LogP contribution is 2.30. The fraction of sp³-hybridized carbons (Fsp3) is 0.429. The van der Waals surface area contributed by atoms with Gasteiger partial charge < -0.3 is 15.3 Å². The molecule has 0 spiro atoms. The number of carboxylic acid groups (broad SMARTS) is 1. The topological polar surface area (TPSA) is 69.6 Å². The average molecular weight is 297 g/mol. The molecule has 0 aliphatic carbocycles. The summed E-state index contributed by atoms with van der Waals surface area (Å²) >= 11 is 5.98. The van der Waals surface area contributed by atoms with Crippen molar-refractivity contribution in [2.24, 2.45) is 5.41 Å². The van der Waals surface area contributed by atoms with Crippen LogP contribution in [0.5, 0.6) is 0 Å². The predicted octanol–water partition coefficient (Wildman–Crippen LogP) is 3.30. The maximum Gasteiger partial charge on any atom is 0.335 e. The van der Waals surface area contributed by atoms with Crippen LogP contribution >= 0.6 is 11.6 Å². The van der Waals surface area contributed by atoms with Crippen molar-refractivity contribution in [3.8, 4) is 0 Å². The normalized spacial score (nSPS) is 17.1. The van der Waals surface area contributed by atoms with Crippen LogP contribution in [0.3, 0.4) is 0 Å². The van der Waals surface area contributed by atoms with Crippen LogP contribution in [0.1, 0.15) is 30.6 Å². The van der Waals surface area contributed by atoms with E-state index in [0.29, 0.717) is 23.8 Å². The molecular formula is C14H17ClN2O3. The zero-order valence-electron chi connectivity index (χ0n) is 11.4. The summed E-state index contributed by atoms with van der Waals surface area (Å²) in [6.07, 6.45) is 0.948. The minimum atomic E-state index is -1.06. The number of nitrogens with zero attached hydrogens (tertiary/aromatic N) is 1. The molecule has 1 aromatic carbocycles. The van der Waals surface area contributed by atoms with Crippen molar-refractivity contribution in [3.63, 3.8) is 0 Å². The van der Waals surface area contributed by atoms with Gasteiger partial charge in [0.25, 0.3) is 0 Å². The SMILES string of the molecule is CC1(C)CCN(C(=O)Nc2cc(C(=O)O)ccc2Cl)C1. The minimum absolute atomic E-state index is 0.0893. The molecule has 2 amide bonds. The zero-order chi connectivity index (χ0) is 14.9. The van der Waals surface area contributed by atoms with Gasteiger partial charge in [0.2, 0.25) is 0 Å². The summed E-state index contributed by atoms with van der Waals surface area (Å²) in [5, 5.41) is 11.9. The summed E-state index contributed by atoms with van der Waals surface area (Å²) in [7, 11) is 0. The number of likely N-dealkylation sites (tertiary alicyclic amines) is 1. The number of carbonyl (C=O) groups is 2. The Labute approximate surface area is 122 Å². The Hall–Kier alpha value is -1.75. The fourth-order valence-corrected chi connectivity index (χ4v) is 2.40. The van der Waals surface area contributed by atoms with E-state index in [1.165, 1.54) is 18.2 Å². The van der Waals surface area contributed by atoms with Gasteiger partial charge in [0.1, 0.15) is 0 Å². The van der Waals surface area contributed by atoms with Crippen molar-refractivity contribution in [1.82, 2.24) is 4.90 Å². The van der Waals surface area contributed by atoms with Crippen LogP contribution < -0.4 is 5.32 Å². The first-order valence-electron chi connectivity index (χ1n) is 6.37. The standard InChI is InChI=1S/C14H17ClN2O3/c1-14(2)5-6-17(8-14)13(20)16-11-7-9(12(18)19)3-4-10(11)15/h3-4,7H,5-6,8H2,1-2H3,(H,16,20)(H,18,19). The third kappa shape index (κ3) is 3.22. The fourth-order valence-electron chi connectivity index (χ4n) is 2.23. The van der Waals surface area contributed by atoms with E-state index in [9.17, 15) is 9.59 Å². The molecule has 0 bridgehead atoms. The molecule has 20 heavy (non-hydrogen) atoms. The number of aromatic carboxylic acids is 1. The number of hydrogen-bond acceptors (Lipinski definition) is 2. The van der Waals surface area contributed by atoms with Crippen LogP contribution in [0.4, 0.5) is 10.5 Å². The molecular weight excluding hydrogens is 280 g/mol. The van der Waals surface area contributed by atoms with Crippen LogP contribution in [0.2, 0.25) is 5.02 Å². The molecule has 5 nitrogen and oxygen atoms in total. The number of benzene rings is 1. The number of nitrogens with one attached hydrogen (secondary N) is 1. The Balaban J connectivity index is 2.12. The molecule has 2 N–H and O–H groups in total. The second-order valence-corrected chi connectivity index (χ2v) is 6.17. The van der Waals surface area contributed by atoms with Gasteiger partial charge in [-0.3, -0.25) is 0 Å². The highest BCUT2D eigenvalue weighted by molar-refractivity contribution is 6.33. The van der Waals surface area contributed by atoms with E-state index >= 15 is 0 Å². The molecule has 6 heteroatoms. The minimum Gasteiger partial charge on any atom is -0.478 e. The molecule has 0 unspecified atom stereocenters. The van der Waals surface area contributed by atoms with Crippen LogP contribution in [0, 0.1) is 5.41 Å². The molecule has 0 saturated carbocycles. The van der Waals surface area contributed by atoms with E-state index in [1.54, 1.807) is 4.90 Å². The van der Waals surface area contributed by atoms with Crippen molar-refractivity contribution in [2.45, 2.75) is 20.3 Å². The van der Waals surface area contributed by atoms with Crippen molar-refractivity contribution in [2.75, 3.05) is 18.4 Å². The Morgan fingerprint density at radius 1 is 1.40 bits per heavy atom. The number of urea groups is 1. The number of anilines is 1. The van der Waals surface area contributed by atoms with Gasteiger partial charge >= 0.3 is 12.0 Å². The highest BCUT2D eigenvalue weighted by Gasteiger charge is 2.32. The number of rotatable bonds is 2. The lowest BCUT2D eigenvalue weighted by Gasteiger charge is -2.20. The lowest BCUT2D eigenvalue weighted by Crippen LogP contribution is -2.34. The molecule has 1 heterocycles. The molecule has 1 aliphatic rings. The van der Waals surface area contributed by atoms with Crippen molar-refractivity contribution < 1.29 is 14.7 Å². The molecule has 1 fully saturated rings. The van der Waals surface area contributed by atoms with Crippen molar-refractivity contribution in [3.05, 3.63) is 28.8 Å². The molecule has 108 valence electrons. The van der Waals surface area contributed by atoms with Gasteiger partial charge in [-0.15, -0.1) is 0 Å². The Kier molecular flexibility index (Phi) is 3.90. The van der Waals surface area contributed by atoms with Gasteiger partial charge in [-0.2, -0.15) is 0 Å². The maximum atomic E-state index is 12.1. The van der Waals surface area contributed by atoms with Crippen LogP contribution in [0.25, 0.3) is 0 Å². The average Bonchev–Trinajstić information content (AvgIpc) is 2.72. The first-order chi connectivity index (χ1) is 9.28. The highest BCUT2D eigenvalue weighted by atomic mass is 35.5. The molecule has 1 saturated heterocycles. The van der Waals surface area contributed by atoms with Crippen LogP contribution in [0.15, 0.2) is 18.2 Å². The Morgan fingerprint density at radius 3 is 2.65 bits per heavy atom. The molecule has 1 aliphatic heterocycles. The molecule has 0 atom stereocenters. The van der Waals surface area contributed by atoms with Gasteiger partial charge in [0.05, 0.1) is 16.3 Å². The maximum absolute atomic E-state index is 12.1. The monoisotopic (exact) mass is 296 g/mol. The lowest BCUT2D eigenvalue weighted by atomic mass is 9.93. The van der Waals surface area contributed by atoms with Gasteiger partial charge in [-0.25, -0.2) is 9.59 Å². The van der Waals surface area contributed by atoms with E-state index in [-0.39, 0.29) is 17.0 Å². The number of carbonyl (C=O) groups excluding carboxylic acids is 1. The van der Waals surface area contributed by atoms with E-state index in [2.05, 4.69) is 19.2 Å². The number of hydrogen-bond donors (Lipinski definition) is 2. The smallest absolute Gasteiger partial charge is 0.335 e. The number of carboxylic acids is 1. The van der Waals surface area contributed by atoms with E-state index in [4.69, 9.17) is 16.7 Å². The van der Waals surface area contributed by atoms with Gasteiger partial charge in [-0.1, -0.05) is 25.4 Å². The van der Waals surface area contributed by atoms with Crippen molar-refractivity contribution >= 4 is 29.3 Å². The molecule has 0 radical (unpaired) electrons. The summed E-state index contributed by atoms with van der Waals surface area (Å²) in [6.45, 7) is 5.58. The first kappa shape index (κ1) is 14.7. The number of halogens is 1. The van der Waals surface area contributed by atoms with Crippen LogP contribution in [-0.2, 0) is 0 Å². The third-order valence-corrected chi connectivity index (χ3v) is 3.75. The Bertz CT molecular complexity index is 557. The summed E-state index contributed by atoms with van der Waals surface area (Å²) < 4.78 is 0. The summed E-state index contributed by atoms with van der Waals surface area (Å²) in [4.78, 5) is 24.8. The van der Waals surface area contributed by atoms with Gasteiger partial charge in [-0.05, 0) is 30.0 Å². The van der Waals surface area contributed by atoms with E-state index in [0.717, 1.165) is 6.42 Å².